The van der Waals surface area contributed by atoms with Crippen LogP contribution in [-0.4, -0.2) is 92.6 Å². The third-order valence-electron chi connectivity index (χ3n) is 5.32. The van der Waals surface area contributed by atoms with Crippen LogP contribution >= 0.6 is 0 Å². The molecular weight excluding hydrogens is 392 g/mol. The maximum absolute atomic E-state index is 13.4. The smallest absolute Gasteiger partial charge is 0.410 e. The van der Waals surface area contributed by atoms with E-state index in [-0.39, 0.29) is 38.0 Å². The molecule has 4 amide bonds. The Balaban J connectivity index is 2.36. The monoisotopic (exact) mass is 426 g/mol. The summed E-state index contributed by atoms with van der Waals surface area (Å²) in [6.45, 7) is 11.8. The molecule has 10 heteroatoms. The van der Waals surface area contributed by atoms with Gasteiger partial charge in [0.05, 0.1) is 18.7 Å². The van der Waals surface area contributed by atoms with Crippen molar-refractivity contribution in [1.29, 1.82) is 0 Å². The van der Waals surface area contributed by atoms with Crippen molar-refractivity contribution in [1.82, 2.24) is 14.7 Å². The van der Waals surface area contributed by atoms with Gasteiger partial charge >= 0.3 is 6.09 Å². The number of ether oxygens (including phenoxy) is 1. The van der Waals surface area contributed by atoms with Gasteiger partial charge in [-0.1, -0.05) is 13.8 Å². The highest BCUT2D eigenvalue weighted by Gasteiger charge is 2.64. The van der Waals surface area contributed by atoms with E-state index in [1.165, 1.54) is 28.5 Å². The van der Waals surface area contributed by atoms with Crippen molar-refractivity contribution >= 4 is 23.8 Å². The number of primary amides is 1. The van der Waals surface area contributed by atoms with Gasteiger partial charge in [0.1, 0.15) is 11.6 Å². The average Bonchev–Trinajstić information content (AvgIpc) is 2.57. The molecule has 2 atom stereocenters. The summed E-state index contributed by atoms with van der Waals surface area (Å²) in [5, 5.41) is 10.4. The maximum atomic E-state index is 13.4. The van der Waals surface area contributed by atoms with Gasteiger partial charge in [-0.15, -0.1) is 0 Å². The van der Waals surface area contributed by atoms with Crippen LogP contribution in [0.25, 0.3) is 0 Å². The molecule has 2 saturated heterocycles. The zero-order valence-corrected chi connectivity index (χ0v) is 18.9. The van der Waals surface area contributed by atoms with Crippen molar-refractivity contribution in [3.05, 3.63) is 0 Å². The number of hydrogen-bond donors (Lipinski definition) is 2. The number of carbonyl (C=O) groups is 4. The zero-order chi connectivity index (χ0) is 23.2. The number of amides is 4. The van der Waals surface area contributed by atoms with Crippen molar-refractivity contribution in [2.75, 3.05) is 26.2 Å². The molecule has 0 bridgehead atoms. The molecule has 10 nitrogen and oxygen atoms in total. The molecule has 1 unspecified atom stereocenters. The van der Waals surface area contributed by atoms with Gasteiger partial charge in [0.25, 0.3) is 5.91 Å². The van der Waals surface area contributed by atoms with E-state index in [0.29, 0.717) is 0 Å². The second-order valence-corrected chi connectivity index (χ2v) is 9.97. The Morgan fingerprint density at radius 2 is 1.67 bits per heavy atom. The normalized spacial score (nSPS) is 23.5. The molecule has 3 N–H and O–H groups in total. The SMILES string of the molecule is CC(C)C(=O)N1CCN(C(=O)OC(C)(C)C)CC12CN([C@H](C(N)=O)C(C)(C)O)C2=O. The number of aliphatic hydroxyl groups is 1. The summed E-state index contributed by atoms with van der Waals surface area (Å²) in [6, 6.07) is -1.25. The predicted molar refractivity (Wildman–Crippen MR) is 108 cm³/mol. The molecule has 0 aliphatic carbocycles. The van der Waals surface area contributed by atoms with Crippen molar-refractivity contribution in [3.8, 4) is 0 Å². The molecule has 30 heavy (non-hydrogen) atoms. The van der Waals surface area contributed by atoms with Crippen LogP contribution in [0.4, 0.5) is 4.79 Å². The Kier molecular flexibility index (Phi) is 6.15. The van der Waals surface area contributed by atoms with E-state index in [4.69, 9.17) is 10.5 Å². The number of nitrogens with two attached hydrogens (primary N) is 1. The first-order valence-corrected chi connectivity index (χ1v) is 10.1. The first kappa shape index (κ1) is 23.9. The van der Waals surface area contributed by atoms with Crippen LogP contribution in [0.5, 0.6) is 0 Å². The lowest BCUT2D eigenvalue weighted by Gasteiger charge is -2.60. The quantitative estimate of drug-likeness (QED) is 0.605. The summed E-state index contributed by atoms with van der Waals surface area (Å²) in [5.74, 6) is -1.92. The van der Waals surface area contributed by atoms with Gasteiger partial charge in [0.2, 0.25) is 11.8 Å². The lowest BCUT2D eigenvalue weighted by molar-refractivity contribution is -0.190. The number of likely N-dealkylation sites (tertiary alicyclic amines) is 1. The van der Waals surface area contributed by atoms with Crippen LogP contribution in [0.3, 0.4) is 0 Å². The van der Waals surface area contributed by atoms with E-state index < -0.39 is 40.7 Å². The molecule has 0 aromatic rings. The number of nitrogens with zero attached hydrogens (tertiary/aromatic N) is 3. The highest BCUT2D eigenvalue weighted by molar-refractivity contribution is 6.01. The molecule has 0 aromatic carbocycles. The molecule has 170 valence electrons. The predicted octanol–water partition coefficient (Wildman–Crippen LogP) is -0.0725. The molecule has 2 fully saturated rings. The first-order chi connectivity index (χ1) is 13.5. The Morgan fingerprint density at radius 3 is 2.07 bits per heavy atom. The largest absolute Gasteiger partial charge is 0.444 e. The van der Waals surface area contributed by atoms with Crippen molar-refractivity contribution < 1.29 is 29.0 Å². The molecule has 0 radical (unpaired) electrons. The van der Waals surface area contributed by atoms with Gasteiger partial charge < -0.3 is 30.3 Å². The van der Waals surface area contributed by atoms with Crippen LogP contribution in [0.15, 0.2) is 0 Å². The number of carbonyl (C=O) groups excluding carboxylic acids is 4. The summed E-state index contributed by atoms with van der Waals surface area (Å²) in [7, 11) is 0. The Bertz CT molecular complexity index is 739. The molecule has 0 aromatic heterocycles. The minimum Gasteiger partial charge on any atom is -0.444 e. The summed E-state index contributed by atoms with van der Waals surface area (Å²) >= 11 is 0. The lowest BCUT2D eigenvalue weighted by Crippen LogP contribution is -2.84. The summed E-state index contributed by atoms with van der Waals surface area (Å²) in [6.07, 6.45) is -0.571. The summed E-state index contributed by atoms with van der Waals surface area (Å²) in [5.41, 5.74) is 1.87. The molecular formula is C20H34N4O6. The van der Waals surface area contributed by atoms with Crippen LogP contribution in [-0.2, 0) is 19.1 Å². The van der Waals surface area contributed by atoms with Gasteiger partial charge in [0.15, 0.2) is 5.54 Å². The number of β-lactam (4-membered cyclic amide) rings is 1. The second kappa shape index (κ2) is 7.72. The highest BCUT2D eigenvalue weighted by Crippen LogP contribution is 2.38. The van der Waals surface area contributed by atoms with Gasteiger partial charge in [-0.2, -0.15) is 0 Å². The number of piperazine rings is 1. The van der Waals surface area contributed by atoms with Crippen molar-refractivity contribution in [2.45, 2.75) is 71.2 Å². The molecule has 2 aliphatic heterocycles. The Hall–Kier alpha value is -2.36. The molecule has 0 saturated carbocycles. The Labute approximate surface area is 177 Å². The fourth-order valence-electron chi connectivity index (χ4n) is 4.04. The van der Waals surface area contributed by atoms with E-state index in [9.17, 15) is 24.3 Å². The third kappa shape index (κ3) is 4.38. The maximum Gasteiger partial charge on any atom is 0.410 e. The molecule has 2 rings (SSSR count). The minimum absolute atomic E-state index is 0.0127. The summed E-state index contributed by atoms with van der Waals surface area (Å²) < 4.78 is 5.43. The first-order valence-electron chi connectivity index (χ1n) is 10.1. The highest BCUT2D eigenvalue weighted by atomic mass is 16.6. The topological polar surface area (TPSA) is 133 Å². The molecule has 2 heterocycles. The van der Waals surface area contributed by atoms with Crippen LogP contribution < -0.4 is 5.73 Å². The second-order valence-electron chi connectivity index (χ2n) is 9.97. The summed E-state index contributed by atoms with van der Waals surface area (Å²) in [4.78, 5) is 54.8. The van der Waals surface area contributed by atoms with E-state index in [2.05, 4.69) is 0 Å². The van der Waals surface area contributed by atoms with Crippen LogP contribution in [0.2, 0.25) is 0 Å². The number of hydrogen-bond acceptors (Lipinski definition) is 6. The average molecular weight is 427 g/mol. The zero-order valence-electron chi connectivity index (χ0n) is 18.9. The lowest BCUT2D eigenvalue weighted by atomic mass is 9.79. The fraction of sp³-hybridized carbons (Fsp3) is 0.800. The van der Waals surface area contributed by atoms with Crippen LogP contribution in [0.1, 0.15) is 48.5 Å². The third-order valence-corrected chi connectivity index (χ3v) is 5.32. The number of rotatable bonds is 4. The standard InChI is InChI=1S/C20H34N4O6/c1-12(2)15(26)24-9-8-22(17(28)30-18(3,4)5)10-20(24)11-23(16(20)27)13(14(21)25)19(6,7)29/h12-13,29H,8-11H2,1-7H3,(H2,21,25)/t13-,20?/m1/s1. The van der Waals surface area contributed by atoms with E-state index in [0.717, 1.165) is 0 Å². The van der Waals surface area contributed by atoms with Crippen molar-refractivity contribution in [2.24, 2.45) is 11.7 Å². The van der Waals surface area contributed by atoms with E-state index >= 15 is 0 Å². The minimum atomic E-state index is -1.56. The fourth-order valence-corrected chi connectivity index (χ4v) is 4.04. The van der Waals surface area contributed by atoms with Gasteiger partial charge in [-0.25, -0.2) is 4.79 Å². The van der Waals surface area contributed by atoms with Gasteiger partial charge in [-0.3, -0.25) is 14.4 Å². The Morgan fingerprint density at radius 1 is 1.10 bits per heavy atom. The molecule has 2 aliphatic rings. The van der Waals surface area contributed by atoms with Gasteiger partial charge in [-0.05, 0) is 34.6 Å². The van der Waals surface area contributed by atoms with Crippen molar-refractivity contribution in [3.63, 3.8) is 0 Å². The van der Waals surface area contributed by atoms with E-state index in [1.54, 1.807) is 34.6 Å². The van der Waals surface area contributed by atoms with Crippen LogP contribution in [0, 0.1) is 5.92 Å². The van der Waals surface area contributed by atoms with E-state index in [1.807, 2.05) is 0 Å². The van der Waals surface area contributed by atoms with Gasteiger partial charge in [0, 0.05) is 19.0 Å². The molecule has 1 spiro atoms.